The highest BCUT2D eigenvalue weighted by atomic mass is 19.1. The van der Waals surface area contributed by atoms with Crippen LogP contribution in [-0.2, 0) is 4.74 Å². The molecule has 1 aromatic rings. The van der Waals surface area contributed by atoms with Crippen molar-refractivity contribution in [3.05, 3.63) is 30.1 Å². The fraction of sp³-hybridized carbons (Fsp3) is 0.467. The molecule has 0 aromatic heterocycles. The molecule has 0 spiro atoms. The molecular formula is C15H17FO3. The van der Waals surface area contributed by atoms with Gasteiger partial charge in [0.25, 0.3) is 0 Å². The Kier molecular flexibility index (Phi) is 5.20. The Bertz CT molecular complexity index is 447. The summed E-state index contributed by atoms with van der Waals surface area (Å²) in [7, 11) is 0. The molecule has 102 valence electrons. The van der Waals surface area contributed by atoms with Gasteiger partial charge in [-0.15, -0.1) is 0 Å². The monoisotopic (exact) mass is 264 g/mol. The van der Waals surface area contributed by atoms with Gasteiger partial charge in [0, 0.05) is 6.42 Å². The molecule has 0 saturated carbocycles. The van der Waals surface area contributed by atoms with E-state index < -0.39 is 0 Å². The predicted octanol–water partition coefficient (Wildman–Crippen LogP) is 2.14. The SMILES string of the molecule is OCC#CC[C@@H]1CC[C@@H](COc2ccc(F)cc2)O1. The van der Waals surface area contributed by atoms with Crippen LogP contribution in [0.3, 0.4) is 0 Å². The van der Waals surface area contributed by atoms with Crippen molar-refractivity contribution in [1.29, 1.82) is 0 Å². The molecule has 1 aliphatic rings. The second kappa shape index (κ2) is 7.13. The molecule has 1 heterocycles. The zero-order valence-electron chi connectivity index (χ0n) is 10.6. The Morgan fingerprint density at radius 3 is 2.68 bits per heavy atom. The van der Waals surface area contributed by atoms with E-state index in [0.29, 0.717) is 18.8 Å². The van der Waals surface area contributed by atoms with Gasteiger partial charge in [0.1, 0.15) is 24.8 Å². The second-order valence-electron chi connectivity index (χ2n) is 4.44. The minimum absolute atomic E-state index is 0.0611. The minimum Gasteiger partial charge on any atom is -0.491 e. The van der Waals surface area contributed by atoms with E-state index in [9.17, 15) is 4.39 Å². The Balaban J connectivity index is 1.71. The van der Waals surface area contributed by atoms with Crippen LogP contribution in [0.15, 0.2) is 24.3 Å². The number of ether oxygens (including phenoxy) is 2. The average molecular weight is 264 g/mol. The van der Waals surface area contributed by atoms with Gasteiger partial charge in [0.05, 0.1) is 12.2 Å². The van der Waals surface area contributed by atoms with E-state index in [1.165, 1.54) is 12.1 Å². The van der Waals surface area contributed by atoms with Crippen molar-refractivity contribution in [3.8, 4) is 17.6 Å². The van der Waals surface area contributed by atoms with Gasteiger partial charge in [-0.25, -0.2) is 4.39 Å². The van der Waals surface area contributed by atoms with Gasteiger partial charge in [-0.05, 0) is 37.1 Å². The van der Waals surface area contributed by atoms with E-state index in [-0.39, 0.29) is 24.6 Å². The Labute approximate surface area is 112 Å². The van der Waals surface area contributed by atoms with Crippen LogP contribution in [0.25, 0.3) is 0 Å². The van der Waals surface area contributed by atoms with E-state index in [4.69, 9.17) is 14.6 Å². The average Bonchev–Trinajstić information content (AvgIpc) is 2.86. The minimum atomic E-state index is -0.271. The van der Waals surface area contributed by atoms with Crippen molar-refractivity contribution in [2.24, 2.45) is 0 Å². The normalized spacial score (nSPS) is 21.8. The number of hydrogen-bond donors (Lipinski definition) is 1. The van der Waals surface area contributed by atoms with Gasteiger partial charge in [-0.2, -0.15) is 0 Å². The molecule has 4 heteroatoms. The summed E-state index contributed by atoms with van der Waals surface area (Å²) in [5, 5.41) is 8.56. The fourth-order valence-electron chi connectivity index (χ4n) is 2.01. The molecule has 1 saturated heterocycles. The van der Waals surface area contributed by atoms with Gasteiger partial charge in [-0.1, -0.05) is 11.8 Å². The summed E-state index contributed by atoms with van der Waals surface area (Å²) in [5.74, 6) is 5.86. The van der Waals surface area contributed by atoms with E-state index in [1.54, 1.807) is 12.1 Å². The van der Waals surface area contributed by atoms with Gasteiger partial charge >= 0.3 is 0 Å². The van der Waals surface area contributed by atoms with Crippen molar-refractivity contribution >= 4 is 0 Å². The van der Waals surface area contributed by atoms with E-state index in [1.807, 2.05) is 0 Å². The molecule has 0 amide bonds. The summed E-state index contributed by atoms with van der Waals surface area (Å²) in [6.45, 7) is 0.361. The van der Waals surface area contributed by atoms with Gasteiger partial charge < -0.3 is 14.6 Å². The molecule has 0 bridgehead atoms. The number of hydrogen-bond acceptors (Lipinski definition) is 3. The smallest absolute Gasteiger partial charge is 0.123 e. The van der Waals surface area contributed by atoms with Crippen LogP contribution in [0.5, 0.6) is 5.75 Å². The highest BCUT2D eigenvalue weighted by Gasteiger charge is 2.24. The van der Waals surface area contributed by atoms with Crippen LogP contribution < -0.4 is 4.74 Å². The lowest BCUT2D eigenvalue weighted by Crippen LogP contribution is -2.18. The van der Waals surface area contributed by atoms with Gasteiger partial charge in [-0.3, -0.25) is 0 Å². The highest BCUT2D eigenvalue weighted by Crippen LogP contribution is 2.23. The van der Waals surface area contributed by atoms with E-state index >= 15 is 0 Å². The van der Waals surface area contributed by atoms with Crippen LogP contribution >= 0.6 is 0 Å². The lowest BCUT2D eigenvalue weighted by Gasteiger charge is -2.13. The molecule has 1 aliphatic heterocycles. The summed E-state index contributed by atoms with van der Waals surface area (Å²) >= 11 is 0. The third kappa shape index (κ3) is 4.55. The molecule has 0 radical (unpaired) electrons. The maximum atomic E-state index is 12.7. The molecular weight excluding hydrogens is 247 g/mol. The first kappa shape index (κ1) is 13.9. The largest absolute Gasteiger partial charge is 0.491 e. The molecule has 0 unspecified atom stereocenters. The van der Waals surface area contributed by atoms with Crippen LogP contribution in [0.2, 0.25) is 0 Å². The molecule has 3 nitrogen and oxygen atoms in total. The predicted molar refractivity (Wildman–Crippen MR) is 69.3 cm³/mol. The maximum Gasteiger partial charge on any atom is 0.123 e. The Morgan fingerprint density at radius 1 is 1.21 bits per heavy atom. The third-order valence-corrected chi connectivity index (χ3v) is 2.98. The summed E-state index contributed by atoms with van der Waals surface area (Å²) in [5.41, 5.74) is 0. The second-order valence-corrected chi connectivity index (χ2v) is 4.44. The lowest BCUT2D eigenvalue weighted by atomic mass is 10.1. The molecule has 1 aromatic carbocycles. The van der Waals surface area contributed by atoms with Gasteiger partial charge in [0.2, 0.25) is 0 Å². The van der Waals surface area contributed by atoms with Crippen molar-refractivity contribution in [1.82, 2.24) is 0 Å². The summed E-state index contributed by atoms with van der Waals surface area (Å²) < 4.78 is 24.0. The summed E-state index contributed by atoms with van der Waals surface area (Å²) in [6, 6.07) is 5.96. The Hall–Kier alpha value is -1.57. The van der Waals surface area contributed by atoms with Crippen molar-refractivity contribution in [2.75, 3.05) is 13.2 Å². The number of halogens is 1. The number of aliphatic hydroxyl groups excluding tert-OH is 1. The summed E-state index contributed by atoms with van der Waals surface area (Å²) in [6.07, 6.45) is 2.73. The molecule has 2 atom stereocenters. The van der Waals surface area contributed by atoms with Crippen LogP contribution in [0, 0.1) is 17.7 Å². The topological polar surface area (TPSA) is 38.7 Å². The quantitative estimate of drug-likeness (QED) is 0.847. The summed E-state index contributed by atoms with van der Waals surface area (Å²) in [4.78, 5) is 0. The Morgan fingerprint density at radius 2 is 1.95 bits per heavy atom. The van der Waals surface area contributed by atoms with Gasteiger partial charge in [0.15, 0.2) is 0 Å². The maximum absolute atomic E-state index is 12.7. The molecule has 19 heavy (non-hydrogen) atoms. The first-order valence-electron chi connectivity index (χ1n) is 6.38. The highest BCUT2D eigenvalue weighted by molar-refractivity contribution is 5.22. The molecule has 1 N–H and O–H groups in total. The zero-order chi connectivity index (χ0) is 13.5. The first-order valence-corrected chi connectivity index (χ1v) is 6.38. The van der Waals surface area contributed by atoms with Crippen LogP contribution in [-0.4, -0.2) is 30.5 Å². The van der Waals surface area contributed by atoms with Crippen molar-refractivity contribution in [2.45, 2.75) is 31.5 Å². The lowest BCUT2D eigenvalue weighted by molar-refractivity contribution is 0.0205. The molecule has 2 rings (SSSR count). The third-order valence-electron chi connectivity index (χ3n) is 2.98. The van der Waals surface area contributed by atoms with Crippen LogP contribution in [0.4, 0.5) is 4.39 Å². The zero-order valence-corrected chi connectivity index (χ0v) is 10.6. The van der Waals surface area contributed by atoms with Crippen molar-refractivity contribution in [3.63, 3.8) is 0 Å². The number of aliphatic hydroxyl groups is 1. The van der Waals surface area contributed by atoms with Crippen LogP contribution in [0.1, 0.15) is 19.3 Å². The van der Waals surface area contributed by atoms with Crippen molar-refractivity contribution < 1.29 is 19.0 Å². The van der Waals surface area contributed by atoms with E-state index in [2.05, 4.69) is 11.8 Å². The number of rotatable bonds is 4. The fourth-order valence-corrected chi connectivity index (χ4v) is 2.01. The number of benzene rings is 1. The molecule has 0 aliphatic carbocycles. The van der Waals surface area contributed by atoms with E-state index in [0.717, 1.165) is 12.8 Å². The molecule has 1 fully saturated rings. The standard InChI is InChI=1S/C15H17FO3/c16-12-4-6-13(7-5-12)18-11-15-9-8-14(19-15)3-1-2-10-17/h4-7,14-15,17H,3,8-11H2/t14-,15+/m1/s1. The first-order chi connectivity index (χ1) is 9.28.